The molecule has 0 spiro atoms. The Morgan fingerprint density at radius 2 is 1.56 bits per heavy atom. The van der Waals surface area contributed by atoms with Gasteiger partial charge in [0.15, 0.2) is 0 Å². The largest absolute Gasteiger partial charge is 0.508 e. The molecule has 1 fully saturated rings. The second kappa shape index (κ2) is 12.0. The SMILES string of the molecule is CCC(COC(=O)O[C@@H]1CCCC(C)(OC(=O)OCC(CC)OC)C1)OC. The maximum atomic E-state index is 12.0. The molecule has 0 aromatic rings. The van der Waals surface area contributed by atoms with E-state index in [9.17, 15) is 9.59 Å². The lowest BCUT2D eigenvalue weighted by atomic mass is 9.84. The molecule has 0 saturated heterocycles. The number of methoxy groups -OCH3 is 2. The summed E-state index contributed by atoms with van der Waals surface area (Å²) in [7, 11) is 3.14. The van der Waals surface area contributed by atoms with E-state index in [2.05, 4.69) is 0 Å². The topological polar surface area (TPSA) is 89.5 Å². The van der Waals surface area contributed by atoms with Gasteiger partial charge in [-0.15, -0.1) is 0 Å². The molecule has 1 aliphatic carbocycles. The van der Waals surface area contributed by atoms with Gasteiger partial charge < -0.3 is 28.4 Å². The lowest BCUT2D eigenvalue weighted by Gasteiger charge is -2.36. The number of hydrogen-bond acceptors (Lipinski definition) is 8. The van der Waals surface area contributed by atoms with E-state index in [1.807, 2.05) is 20.8 Å². The molecule has 0 bridgehead atoms. The molecule has 0 aromatic carbocycles. The van der Waals surface area contributed by atoms with Crippen molar-refractivity contribution in [1.82, 2.24) is 0 Å². The Balaban J connectivity index is 2.42. The van der Waals surface area contributed by atoms with Gasteiger partial charge in [0.2, 0.25) is 0 Å². The van der Waals surface area contributed by atoms with Gasteiger partial charge in [-0.3, -0.25) is 0 Å². The van der Waals surface area contributed by atoms with E-state index in [-0.39, 0.29) is 31.5 Å². The second-order valence-electron chi connectivity index (χ2n) is 7.04. The van der Waals surface area contributed by atoms with Gasteiger partial charge in [-0.05, 0) is 39.0 Å². The van der Waals surface area contributed by atoms with Crippen LogP contribution in [0.2, 0.25) is 0 Å². The highest BCUT2D eigenvalue weighted by atomic mass is 16.7. The quantitative estimate of drug-likeness (QED) is 0.520. The zero-order valence-corrected chi connectivity index (χ0v) is 17.2. The van der Waals surface area contributed by atoms with Crippen molar-refractivity contribution in [1.29, 1.82) is 0 Å². The first-order valence-electron chi connectivity index (χ1n) is 9.60. The number of ether oxygens (including phenoxy) is 6. The maximum Gasteiger partial charge on any atom is 0.508 e. The average molecular weight is 390 g/mol. The zero-order chi connectivity index (χ0) is 20.3. The fraction of sp³-hybridized carbons (Fsp3) is 0.895. The molecule has 4 atom stereocenters. The van der Waals surface area contributed by atoms with E-state index in [1.165, 1.54) is 0 Å². The lowest BCUT2D eigenvalue weighted by molar-refractivity contribution is -0.0889. The first-order valence-corrected chi connectivity index (χ1v) is 9.60. The normalized spacial score (nSPS) is 24.6. The molecule has 8 nitrogen and oxygen atoms in total. The minimum absolute atomic E-state index is 0.145. The van der Waals surface area contributed by atoms with E-state index in [4.69, 9.17) is 28.4 Å². The Hall–Kier alpha value is -1.54. The van der Waals surface area contributed by atoms with Crippen molar-refractivity contribution in [3.63, 3.8) is 0 Å². The van der Waals surface area contributed by atoms with Crippen molar-refractivity contribution >= 4 is 12.3 Å². The fourth-order valence-electron chi connectivity index (χ4n) is 3.01. The van der Waals surface area contributed by atoms with Crippen LogP contribution in [0.5, 0.6) is 0 Å². The van der Waals surface area contributed by atoms with E-state index >= 15 is 0 Å². The van der Waals surface area contributed by atoms with Crippen LogP contribution in [0.4, 0.5) is 9.59 Å². The summed E-state index contributed by atoms with van der Waals surface area (Å²) in [4.78, 5) is 23.9. The van der Waals surface area contributed by atoms with Gasteiger partial charge in [0, 0.05) is 20.6 Å². The van der Waals surface area contributed by atoms with Gasteiger partial charge in [0.05, 0.1) is 12.2 Å². The van der Waals surface area contributed by atoms with Gasteiger partial charge in [-0.1, -0.05) is 13.8 Å². The lowest BCUT2D eigenvalue weighted by Crippen LogP contribution is -2.41. The number of carbonyl (C=O) groups excluding carboxylic acids is 2. The highest BCUT2D eigenvalue weighted by Gasteiger charge is 2.38. The molecule has 3 unspecified atom stereocenters. The number of rotatable bonds is 10. The summed E-state index contributed by atoms with van der Waals surface area (Å²) >= 11 is 0. The highest BCUT2D eigenvalue weighted by Crippen LogP contribution is 2.33. The molecule has 158 valence electrons. The molecule has 0 aromatic heterocycles. The number of hydrogen-bond donors (Lipinski definition) is 0. The van der Waals surface area contributed by atoms with Crippen LogP contribution in [0.1, 0.15) is 59.3 Å². The molecule has 0 N–H and O–H groups in total. The molecule has 27 heavy (non-hydrogen) atoms. The zero-order valence-electron chi connectivity index (χ0n) is 17.2. The van der Waals surface area contributed by atoms with Gasteiger partial charge in [0.1, 0.15) is 24.9 Å². The van der Waals surface area contributed by atoms with Crippen molar-refractivity contribution < 1.29 is 38.0 Å². The third kappa shape index (κ3) is 8.79. The van der Waals surface area contributed by atoms with Gasteiger partial charge in [0.25, 0.3) is 0 Å². The molecule has 0 aliphatic heterocycles. The predicted molar refractivity (Wildman–Crippen MR) is 97.7 cm³/mol. The van der Waals surface area contributed by atoms with E-state index in [0.29, 0.717) is 19.3 Å². The summed E-state index contributed by atoms with van der Waals surface area (Å²) in [5, 5.41) is 0. The van der Waals surface area contributed by atoms with Gasteiger partial charge in [-0.25, -0.2) is 9.59 Å². The summed E-state index contributed by atoms with van der Waals surface area (Å²) < 4.78 is 31.4. The Morgan fingerprint density at radius 3 is 2.07 bits per heavy atom. The highest BCUT2D eigenvalue weighted by molar-refractivity contribution is 5.61. The molecule has 8 heteroatoms. The minimum Gasteiger partial charge on any atom is -0.432 e. The molecular weight excluding hydrogens is 356 g/mol. The Kier molecular flexibility index (Phi) is 10.5. The summed E-state index contributed by atoms with van der Waals surface area (Å²) in [5.74, 6) is 0. The molecule has 1 saturated carbocycles. The molecule has 1 rings (SSSR count). The summed E-state index contributed by atoms with van der Waals surface area (Å²) in [6, 6.07) is 0. The van der Waals surface area contributed by atoms with E-state index in [0.717, 1.165) is 19.3 Å². The smallest absolute Gasteiger partial charge is 0.432 e. The third-order valence-electron chi connectivity index (χ3n) is 4.84. The van der Waals surface area contributed by atoms with Crippen LogP contribution in [0.3, 0.4) is 0 Å². The van der Waals surface area contributed by atoms with Crippen molar-refractivity contribution in [3.8, 4) is 0 Å². The van der Waals surface area contributed by atoms with Crippen LogP contribution in [-0.2, 0) is 28.4 Å². The second-order valence-corrected chi connectivity index (χ2v) is 7.04. The maximum absolute atomic E-state index is 12.0. The predicted octanol–water partition coefficient (Wildman–Crippen LogP) is 3.84. The molecule has 0 heterocycles. The standard InChI is InChI=1S/C19H34O8/c1-6-14(22-4)12-24-17(20)26-16-9-8-10-19(3,11-16)27-18(21)25-13-15(7-2)23-5/h14-16H,6-13H2,1-5H3/t14?,15?,16-,19?/m1/s1. The van der Waals surface area contributed by atoms with Crippen LogP contribution in [0.25, 0.3) is 0 Å². The molecular formula is C19H34O8. The Labute approximate surface area is 161 Å². The van der Waals surface area contributed by atoms with Crippen molar-refractivity contribution in [3.05, 3.63) is 0 Å². The van der Waals surface area contributed by atoms with Crippen LogP contribution < -0.4 is 0 Å². The van der Waals surface area contributed by atoms with Gasteiger partial charge in [-0.2, -0.15) is 0 Å². The summed E-state index contributed by atoms with van der Waals surface area (Å²) in [5.41, 5.74) is -0.743. The first-order chi connectivity index (χ1) is 12.9. The van der Waals surface area contributed by atoms with Crippen LogP contribution >= 0.6 is 0 Å². The first kappa shape index (κ1) is 23.5. The molecule has 0 amide bonds. The van der Waals surface area contributed by atoms with Crippen molar-refractivity contribution in [2.45, 2.75) is 83.2 Å². The van der Waals surface area contributed by atoms with Crippen molar-refractivity contribution in [2.24, 2.45) is 0 Å². The Bertz CT molecular complexity index is 447. The minimum atomic E-state index is -0.743. The van der Waals surface area contributed by atoms with E-state index < -0.39 is 17.9 Å². The molecule has 1 aliphatic rings. The fourth-order valence-corrected chi connectivity index (χ4v) is 3.01. The third-order valence-corrected chi connectivity index (χ3v) is 4.84. The molecule has 0 radical (unpaired) electrons. The summed E-state index contributed by atoms with van der Waals surface area (Å²) in [6.45, 7) is 6.01. The monoisotopic (exact) mass is 390 g/mol. The van der Waals surface area contributed by atoms with Gasteiger partial charge >= 0.3 is 12.3 Å². The van der Waals surface area contributed by atoms with Crippen LogP contribution in [0.15, 0.2) is 0 Å². The Morgan fingerprint density at radius 1 is 1.00 bits per heavy atom. The average Bonchev–Trinajstić information content (AvgIpc) is 2.63. The summed E-state index contributed by atoms with van der Waals surface area (Å²) in [6.07, 6.45) is 1.90. The number of carbonyl (C=O) groups is 2. The van der Waals surface area contributed by atoms with Crippen LogP contribution in [-0.4, -0.2) is 63.7 Å². The van der Waals surface area contributed by atoms with Crippen molar-refractivity contribution in [2.75, 3.05) is 27.4 Å². The van der Waals surface area contributed by atoms with Crippen LogP contribution in [0, 0.1) is 0 Å². The van der Waals surface area contributed by atoms with E-state index in [1.54, 1.807) is 14.2 Å².